The van der Waals surface area contributed by atoms with Crippen molar-refractivity contribution in [3.63, 3.8) is 0 Å². The third kappa shape index (κ3) is 5.45. The van der Waals surface area contributed by atoms with Crippen molar-refractivity contribution >= 4 is 54.6 Å². The first-order chi connectivity index (χ1) is 27.5. The molecular weight excluding hydrogens is 892 g/mol. The molecule has 0 saturated heterocycles. The van der Waals surface area contributed by atoms with Crippen molar-refractivity contribution in [2.75, 3.05) is 0 Å². The number of nitrogens with zero attached hydrogens (tertiary/aromatic N) is 5. The van der Waals surface area contributed by atoms with Crippen LogP contribution in [-0.4, -0.2) is 19.1 Å². The van der Waals surface area contributed by atoms with E-state index in [0.717, 1.165) is 82.8 Å². The van der Waals surface area contributed by atoms with E-state index < -0.39 is 5.92 Å². The minimum Gasteiger partial charge on any atom is -0.656 e. The monoisotopic (exact) mass is 920 g/mol. The first-order valence-corrected chi connectivity index (χ1v) is 18.4. The van der Waals surface area contributed by atoms with Gasteiger partial charge in [0.2, 0.25) is 0 Å². The predicted molar refractivity (Wildman–Crippen MR) is 221 cm³/mol. The van der Waals surface area contributed by atoms with Crippen molar-refractivity contribution in [3.05, 3.63) is 193 Å². The van der Waals surface area contributed by atoms with Crippen LogP contribution in [0, 0.1) is 6.07 Å². The number of hydrogen-bond donors (Lipinski definition) is 0. The molecule has 0 aliphatic carbocycles. The van der Waals surface area contributed by atoms with E-state index >= 15 is 8.78 Å². The summed E-state index contributed by atoms with van der Waals surface area (Å²) in [5, 5.41) is 4.10. The summed E-state index contributed by atoms with van der Waals surface area (Å²) in [4.78, 5) is 15.2. The fourth-order valence-corrected chi connectivity index (χ4v) is 8.15. The molecule has 0 bridgehead atoms. The number of hydrogen-bond acceptors (Lipinski definition) is 2. The minimum absolute atomic E-state index is 0. The number of aromatic nitrogens is 5. The Bertz CT molecular complexity index is 3290. The van der Waals surface area contributed by atoms with Crippen molar-refractivity contribution in [1.82, 2.24) is 24.1 Å². The van der Waals surface area contributed by atoms with Crippen molar-refractivity contribution in [3.8, 4) is 34.0 Å². The fourth-order valence-electron chi connectivity index (χ4n) is 8.15. The largest absolute Gasteiger partial charge is 2.00 e. The number of para-hydroxylation sites is 5. The normalized spacial score (nSPS) is 11.9. The zero-order valence-corrected chi connectivity index (χ0v) is 32.3. The standard InChI is InChI=1S/C49H29F2N5.Pt/c50-49(51,32-13-3-1-4-14-32)33-27-28-52-45(30-33)56-42-23-10-8-18-37(42)38-26-25-31(29-44(38)56)35-19-12-24-43-47(35)54-48(55(43)34-15-5-2-6-16-34)40-21-11-20-39-36-17-7-9-22-41(36)53-46(39)40;/h1-28,30H;/q-2;+2. The second-order valence-electron chi connectivity index (χ2n) is 13.9. The topological polar surface area (TPSA) is 49.7 Å². The Morgan fingerprint density at radius 3 is 2.09 bits per heavy atom. The second-order valence-corrected chi connectivity index (χ2v) is 13.9. The van der Waals surface area contributed by atoms with Crippen molar-refractivity contribution in [1.29, 1.82) is 0 Å². The molecule has 0 atom stereocenters. The van der Waals surface area contributed by atoms with Gasteiger partial charge in [0.1, 0.15) is 11.6 Å². The first kappa shape index (κ1) is 34.8. The quantitative estimate of drug-likeness (QED) is 0.156. The number of alkyl halides is 2. The van der Waals surface area contributed by atoms with Gasteiger partial charge in [-0.15, -0.1) is 34.8 Å². The van der Waals surface area contributed by atoms with Gasteiger partial charge in [-0.1, -0.05) is 132 Å². The summed E-state index contributed by atoms with van der Waals surface area (Å²) >= 11 is 0. The van der Waals surface area contributed by atoms with Crippen LogP contribution >= 0.6 is 0 Å². The van der Waals surface area contributed by atoms with Crippen LogP contribution in [0.3, 0.4) is 0 Å². The van der Waals surface area contributed by atoms with E-state index in [2.05, 4.69) is 76.3 Å². The molecule has 0 fully saturated rings. The van der Waals surface area contributed by atoms with Gasteiger partial charge >= 0.3 is 21.1 Å². The molecule has 0 unspecified atom stereocenters. The van der Waals surface area contributed by atoms with Crippen LogP contribution in [0.2, 0.25) is 0 Å². The van der Waals surface area contributed by atoms with Gasteiger partial charge in [0.15, 0.2) is 0 Å². The van der Waals surface area contributed by atoms with Gasteiger partial charge in [-0.2, -0.15) is 8.78 Å². The molecule has 0 amide bonds. The maximum Gasteiger partial charge on any atom is 2.00 e. The van der Waals surface area contributed by atoms with Crippen molar-refractivity contribution < 1.29 is 29.8 Å². The Hall–Kier alpha value is -6.69. The minimum atomic E-state index is -3.22. The molecule has 4 aromatic heterocycles. The molecule has 11 aromatic rings. The molecule has 8 heteroatoms. The number of benzene rings is 7. The van der Waals surface area contributed by atoms with Gasteiger partial charge in [0, 0.05) is 34.1 Å². The van der Waals surface area contributed by atoms with Gasteiger partial charge in [0.25, 0.3) is 5.92 Å². The Balaban J connectivity index is 0.00000396. The smallest absolute Gasteiger partial charge is 0.656 e. The molecule has 5 nitrogen and oxygen atoms in total. The zero-order chi connectivity index (χ0) is 37.4. The summed E-state index contributed by atoms with van der Waals surface area (Å²) in [6.45, 7) is 0. The molecule has 57 heavy (non-hydrogen) atoms. The number of pyridine rings is 1. The van der Waals surface area contributed by atoms with Gasteiger partial charge in [0.05, 0.1) is 11.0 Å². The molecule has 0 spiro atoms. The van der Waals surface area contributed by atoms with Gasteiger partial charge in [-0.05, 0) is 58.1 Å². The van der Waals surface area contributed by atoms with Crippen LogP contribution in [-0.2, 0) is 27.0 Å². The van der Waals surface area contributed by atoms with Gasteiger partial charge in [-0.25, -0.2) is 9.97 Å². The van der Waals surface area contributed by atoms with Crippen LogP contribution in [0.4, 0.5) is 8.78 Å². The Labute approximate surface area is 340 Å². The number of imidazole rings is 1. The Morgan fingerprint density at radius 1 is 0.561 bits per heavy atom. The molecule has 0 aliphatic heterocycles. The maximum atomic E-state index is 15.9. The summed E-state index contributed by atoms with van der Waals surface area (Å²) in [5.41, 5.74) is 8.57. The van der Waals surface area contributed by atoms with Crippen molar-refractivity contribution in [2.45, 2.75) is 5.92 Å². The molecule has 7 aromatic carbocycles. The second kappa shape index (κ2) is 13.5. The SMILES string of the molecule is FC(F)(c1ccccc1)c1ccnc(-n2c3[c-]c(-c4cccc5c4nc(-c4cccc6c4[n-]c4ccccc46)n5-c4ccccc4)ccc3c3ccccc32)c1.[Pt+2]. The van der Waals surface area contributed by atoms with E-state index in [0.29, 0.717) is 5.82 Å². The molecule has 11 rings (SSSR count). The average Bonchev–Trinajstić information content (AvgIpc) is 3.94. The van der Waals surface area contributed by atoms with E-state index in [1.165, 1.54) is 30.5 Å². The van der Waals surface area contributed by atoms with Crippen LogP contribution in [0.5, 0.6) is 0 Å². The molecule has 274 valence electrons. The zero-order valence-electron chi connectivity index (χ0n) is 30.1. The van der Waals surface area contributed by atoms with E-state index in [9.17, 15) is 0 Å². The van der Waals surface area contributed by atoms with E-state index in [4.69, 9.17) is 9.97 Å². The molecule has 0 saturated carbocycles. The summed E-state index contributed by atoms with van der Waals surface area (Å²) in [6.07, 6.45) is 1.45. The Morgan fingerprint density at radius 2 is 1.25 bits per heavy atom. The number of halogens is 2. The molecule has 4 heterocycles. The van der Waals surface area contributed by atoms with Gasteiger partial charge < -0.3 is 9.55 Å². The predicted octanol–water partition coefficient (Wildman–Crippen LogP) is 12.1. The molecular formula is C49H29F2N5Pt. The third-order valence-electron chi connectivity index (χ3n) is 10.8. The number of rotatable bonds is 6. The summed E-state index contributed by atoms with van der Waals surface area (Å²) < 4.78 is 36.0. The first-order valence-electron chi connectivity index (χ1n) is 18.4. The van der Waals surface area contributed by atoms with Gasteiger partial charge in [-0.3, -0.25) is 4.57 Å². The van der Waals surface area contributed by atoms with E-state index in [-0.39, 0.29) is 32.2 Å². The summed E-state index contributed by atoms with van der Waals surface area (Å²) in [7, 11) is 0. The fraction of sp³-hybridized carbons (Fsp3) is 0.0204. The van der Waals surface area contributed by atoms with Crippen molar-refractivity contribution in [2.24, 2.45) is 0 Å². The third-order valence-corrected chi connectivity index (χ3v) is 10.8. The molecule has 0 N–H and O–H groups in total. The maximum absolute atomic E-state index is 15.9. The Kier molecular flexibility index (Phi) is 8.24. The van der Waals surface area contributed by atoms with E-state index in [1.807, 2.05) is 71.3 Å². The molecule has 0 aliphatic rings. The summed E-state index contributed by atoms with van der Waals surface area (Å²) in [5.74, 6) is -2.05. The average molecular weight is 921 g/mol. The summed E-state index contributed by atoms with van der Waals surface area (Å²) in [6, 6.07) is 57.5. The van der Waals surface area contributed by atoms with Crippen LogP contribution in [0.25, 0.3) is 88.7 Å². The van der Waals surface area contributed by atoms with Crippen LogP contribution in [0.1, 0.15) is 11.1 Å². The van der Waals surface area contributed by atoms with E-state index in [1.54, 1.807) is 18.2 Å². The van der Waals surface area contributed by atoms with Crippen LogP contribution < -0.4 is 4.98 Å². The van der Waals surface area contributed by atoms with Crippen LogP contribution in [0.15, 0.2) is 176 Å². The molecule has 0 radical (unpaired) electrons. The number of fused-ring (bicyclic) bond motifs is 7.